The fraction of sp³-hybridized carbons (Fsp3) is 0.353. The Morgan fingerprint density at radius 2 is 1.84 bits per heavy atom. The largest absolute Gasteiger partial charge is 0.497 e. The van der Waals surface area contributed by atoms with E-state index in [1.165, 1.54) is 6.08 Å². The van der Waals surface area contributed by atoms with Crippen molar-refractivity contribution in [2.24, 2.45) is 0 Å². The van der Waals surface area contributed by atoms with Crippen LogP contribution in [0.2, 0.25) is 0 Å². The first-order valence-corrected chi connectivity index (χ1v) is 7.66. The van der Waals surface area contributed by atoms with E-state index in [1.54, 1.807) is 31.4 Å². The quantitative estimate of drug-likeness (QED) is 0.376. The van der Waals surface area contributed by atoms with E-state index in [0.717, 1.165) is 5.75 Å². The average molecular weight is 350 g/mol. The van der Waals surface area contributed by atoms with Gasteiger partial charge in [0.2, 0.25) is 0 Å². The lowest BCUT2D eigenvalue weighted by Gasteiger charge is -2.08. The molecule has 0 spiro atoms. The van der Waals surface area contributed by atoms with Crippen LogP contribution in [0.3, 0.4) is 0 Å². The second-order valence-corrected chi connectivity index (χ2v) is 4.84. The third kappa shape index (κ3) is 8.99. The Kier molecular flexibility index (Phi) is 9.20. The lowest BCUT2D eigenvalue weighted by Crippen LogP contribution is -2.41. The molecule has 0 heterocycles. The summed E-state index contributed by atoms with van der Waals surface area (Å²) in [7, 11) is 1.58. The van der Waals surface area contributed by atoms with E-state index >= 15 is 0 Å². The predicted molar refractivity (Wildman–Crippen MR) is 90.4 cm³/mol. The van der Waals surface area contributed by atoms with Gasteiger partial charge in [0.25, 0.3) is 5.91 Å². The van der Waals surface area contributed by atoms with Crippen molar-refractivity contribution in [1.82, 2.24) is 10.6 Å². The van der Waals surface area contributed by atoms with E-state index in [-0.39, 0.29) is 13.0 Å². The van der Waals surface area contributed by atoms with Crippen LogP contribution in [0.1, 0.15) is 12.8 Å². The van der Waals surface area contributed by atoms with Gasteiger partial charge in [0, 0.05) is 13.0 Å². The first-order valence-electron chi connectivity index (χ1n) is 7.66. The zero-order valence-corrected chi connectivity index (χ0v) is 14.1. The van der Waals surface area contributed by atoms with Crippen LogP contribution in [0.25, 0.3) is 0 Å². The number of benzene rings is 1. The molecular weight excluding hydrogens is 328 g/mol. The van der Waals surface area contributed by atoms with Gasteiger partial charge < -0.3 is 19.5 Å². The number of imide groups is 1. The van der Waals surface area contributed by atoms with Crippen LogP contribution in [-0.2, 0) is 14.3 Å². The summed E-state index contributed by atoms with van der Waals surface area (Å²) in [5.41, 5.74) is 0. The van der Waals surface area contributed by atoms with Crippen molar-refractivity contribution in [3.63, 3.8) is 0 Å². The SMILES string of the molecule is C=CCNC(=O)NC(=O)COC(=O)CCCOc1ccc(OC)cc1. The van der Waals surface area contributed by atoms with Crippen molar-refractivity contribution in [1.29, 1.82) is 0 Å². The molecular formula is C17H22N2O6. The first kappa shape index (κ1) is 20.0. The first-order chi connectivity index (χ1) is 12.0. The molecule has 1 rings (SSSR count). The topological polar surface area (TPSA) is 103 Å². The van der Waals surface area contributed by atoms with Gasteiger partial charge in [0.15, 0.2) is 6.61 Å². The molecule has 0 aliphatic heterocycles. The number of ether oxygens (including phenoxy) is 3. The Morgan fingerprint density at radius 3 is 2.48 bits per heavy atom. The molecule has 3 amide bonds. The summed E-state index contributed by atoms with van der Waals surface area (Å²) >= 11 is 0. The molecule has 0 saturated carbocycles. The Balaban J connectivity index is 2.12. The summed E-state index contributed by atoms with van der Waals surface area (Å²) in [6.45, 7) is 3.47. The summed E-state index contributed by atoms with van der Waals surface area (Å²) in [5.74, 6) is 0.149. The number of methoxy groups -OCH3 is 1. The van der Waals surface area contributed by atoms with Crippen LogP contribution >= 0.6 is 0 Å². The second-order valence-electron chi connectivity index (χ2n) is 4.84. The smallest absolute Gasteiger partial charge is 0.321 e. The number of rotatable bonds is 10. The molecule has 0 unspecified atom stereocenters. The number of nitrogens with one attached hydrogen (secondary N) is 2. The monoisotopic (exact) mass is 350 g/mol. The molecule has 0 fully saturated rings. The van der Waals surface area contributed by atoms with E-state index in [0.29, 0.717) is 18.8 Å². The number of esters is 1. The highest BCUT2D eigenvalue weighted by Gasteiger charge is 2.10. The molecule has 25 heavy (non-hydrogen) atoms. The molecule has 8 nitrogen and oxygen atoms in total. The molecule has 0 aliphatic rings. The Bertz CT molecular complexity index is 585. The van der Waals surface area contributed by atoms with Gasteiger partial charge in [-0.15, -0.1) is 6.58 Å². The maximum Gasteiger partial charge on any atom is 0.321 e. The Morgan fingerprint density at radius 1 is 1.16 bits per heavy atom. The minimum atomic E-state index is -0.704. The number of carbonyl (C=O) groups is 3. The number of carbonyl (C=O) groups excluding carboxylic acids is 3. The fourth-order valence-electron chi connectivity index (χ4n) is 1.67. The van der Waals surface area contributed by atoms with Gasteiger partial charge in [-0.25, -0.2) is 4.79 Å². The minimum absolute atomic E-state index is 0.103. The van der Waals surface area contributed by atoms with Crippen molar-refractivity contribution >= 4 is 17.9 Å². The summed E-state index contributed by atoms with van der Waals surface area (Å²) in [6.07, 6.45) is 2.01. The van der Waals surface area contributed by atoms with E-state index in [1.807, 2.05) is 5.32 Å². The van der Waals surface area contributed by atoms with Gasteiger partial charge in [-0.2, -0.15) is 0 Å². The van der Waals surface area contributed by atoms with Crippen LogP contribution in [0, 0.1) is 0 Å². The van der Waals surface area contributed by atoms with Crippen LogP contribution < -0.4 is 20.1 Å². The lowest BCUT2D eigenvalue weighted by molar-refractivity contribution is -0.148. The Hall–Kier alpha value is -3.03. The van der Waals surface area contributed by atoms with Gasteiger partial charge in [0.1, 0.15) is 11.5 Å². The maximum absolute atomic E-state index is 11.5. The fourth-order valence-corrected chi connectivity index (χ4v) is 1.67. The average Bonchev–Trinajstić information content (AvgIpc) is 2.62. The van der Waals surface area contributed by atoms with E-state index < -0.39 is 24.5 Å². The zero-order chi connectivity index (χ0) is 18.5. The lowest BCUT2D eigenvalue weighted by atomic mass is 10.3. The van der Waals surface area contributed by atoms with Gasteiger partial charge in [-0.05, 0) is 30.7 Å². The second kappa shape index (κ2) is 11.5. The van der Waals surface area contributed by atoms with Crippen LogP contribution in [0.15, 0.2) is 36.9 Å². The molecule has 0 aromatic heterocycles. The molecule has 8 heteroatoms. The van der Waals surface area contributed by atoms with Gasteiger partial charge >= 0.3 is 12.0 Å². The molecule has 0 aliphatic carbocycles. The number of hydrogen-bond donors (Lipinski definition) is 2. The molecule has 0 radical (unpaired) electrons. The summed E-state index contributed by atoms with van der Waals surface area (Å²) in [4.78, 5) is 34.1. The molecule has 0 saturated heterocycles. The van der Waals surface area contributed by atoms with Crippen molar-refractivity contribution in [3.05, 3.63) is 36.9 Å². The number of urea groups is 1. The highest BCUT2D eigenvalue weighted by atomic mass is 16.5. The minimum Gasteiger partial charge on any atom is -0.497 e. The molecule has 1 aromatic carbocycles. The predicted octanol–water partition coefficient (Wildman–Crippen LogP) is 1.41. The summed E-state index contributed by atoms with van der Waals surface area (Å²) in [5, 5.41) is 4.38. The zero-order valence-electron chi connectivity index (χ0n) is 14.1. The van der Waals surface area contributed by atoms with E-state index in [4.69, 9.17) is 14.2 Å². The molecule has 0 atom stereocenters. The molecule has 1 aromatic rings. The van der Waals surface area contributed by atoms with Crippen LogP contribution in [0.4, 0.5) is 4.79 Å². The maximum atomic E-state index is 11.5. The van der Waals surface area contributed by atoms with Gasteiger partial charge in [0.05, 0.1) is 13.7 Å². The van der Waals surface area contributed by atoms with Gasteiger partial charge in [-0.3, -0.25) is 14.9 Å². The van der Waals surface area contributed by atoms with Crippen molar-refractivity contribution < 1.29 is 28.6 Å². The number of amides is 3. The third-order valence-corrected chi connectivity index (χ3v) is 2.88. The summed E-state index contributed by atoms with van der Waals surface area (Å²) < 4.78 is 15.3. The van der Waals surface area contributed by atoms with Crippen molar-refractivity contribution in [2.75, 3.05) is 26.9 Å². The van der Waals surface area contributed by atoms with Crippen LogP contribution in [-0.4, -0.2) is 44.8 Å². The van der Waals surface area contributed by atoms with E-state index in [9.17, 15) is 14.4 Å². The van der Waals surface area contributed by atoms with Crippen molar-refractivity contribution in [2.45, 2.75) is 12.8 Å². The highest BCUT2D eigenvalue weighted by molar-refractivity contribution is 5.95. The third-order valence-electron chi connectivity index (χ3n) is 2.88. The standard InChI is InChI=1S/C17H22N2O6/c1-3-10-18-17(22)19-15(20)12-25-16(21)5-4-11-24-14-8-6-13(23-2)7-9-14/h3,6-9H,1,4-5,10-12H2,2H3,(H2,18,19,20,22). The van der Waals surface area contributed by atoms with Gasteiger partial charge in [-0.1, -0.05) is 6.08 Å². The molecule has 2 N–H and O–H groups in total. The Labute approximate surface area is 146 Å². The van der Waals surface area contributed by atoms with E-state index in [2.05, 4.69) is 11.9 Å². The normalized spacial score (nSPS) is 9.64. The molecule has 0 bridgehead atoms. The highest BCUT2D eigenvalue weighted by Crippen LogP contribution is 2.17. The molecule has 136 valence electrons. The van der Waals surface area contributed by atoms with Crippen LogP contribution in [0.5, 0.6) is 11.5 Å². The number of hydrogen-bond acceptors (Lipinski definition) is 6. The summed E-state index contributed by atoms with van der Waals surface area (Å²) in [6, 6.07) is 6.40. The van der Waals surface area contributed by atoms with Crippen molar-refractivity contribution in [3.8, 4) is 11.5 Å².